The zero-order valence-corrected chi connectivity index (χ0v) is 17.2. The molecule has 2 aliphatic carbocycles. The smallest absolute Gasteiger partial charge is 0.223 e. The standard InChI is InChI=1S/C22H31N5O2/c1-2-12-29-20-13-17(22(28)26-15-16-6-4-3-5-7-16)8-9-18(20)27-21-19(14-23)24-10-11-25-21/h6,10-11,17-18,20H,2-5,7-9,12-13,15H2,1H3,(H,25,27)(H,26,28)/t17-,18-,20-/m0/s1. The number of allylic oxidation sites excluding steroid dienone is 1. The van der Waals surface area contributed by atoms with Gasteiger partial charge in [0.25, 0.3) is 0 Å². The van der Waals surface area contributed by atoms with Gasteiger partial charge in [-0.1, -0.05) is 18.6 Å². The van der Waals surface area contributed by atoms with E-state index in [0.29, 0.717) is 25.4 Å². The van der Waals surface area contributed by atoms with E-state index < -0.39 is 0 Å². The number of nitrogens with one attached hydrogen (secondary N) is 2. The molecule has 3 rings (SSSR count). The third-order valence-electron chi connectivity index (χ3n) is 5.70. The number of ether oxygens (including phenoxy) is 1. The lowest BCUT2D eigenvalue weighted by atomic mass is 9.83. The van der Waals surface area contributed by atoms with Crippen molar-refractivity contribution in [2.24, 2.45) is 5.92 Å². The van der Waals surface area contributed by atoms with Crippen molar-refractivity contribution >= 4 is 11.7 Å². The van der Waals surface area contributed by atoms with E-state index in [2.05, 4.69) is 39.7 Å². The first-order valence-electron chi connectivity index (χ1n) is 10.8. The number of carbonyl (C=O) groups excluding carboxylic acids is 1. The fourth-order valence-electron chi connectivity index (χ4n) is 4.10. The minimum Gasteiger partial charge on any atom is -0.376 e. The van der Waals surface area contributed by atoms with E-state index in [1.54, 1.807) is 6.20 Å². The number of hydrogen-bond donors (Lipinski definition) is 2. The van der Waals surface area contributed by atoms with Crippen LogP contribution in [-0.2, 0) is 9.53 Å². The van der Waals surface area contributed by atoms with Crippen molar-refractivity contribution in [3.8, 4) is 6.07 Å². The highest BCUT2D eigenvalue weighted by Crippen LogP contribution is 2.30. The molecule has 1 saturated carbocycles. The van der Waals surface area contributed by atoms with Crippen LogP contribution in [-0.4, -0.2) is 41.2 Å². The molecule has 1 heterocycles. The van der Waals surface area contributed by atoms with Crippen LogP contribution < -0.4 is 10.6 Å². The van der Waals surface area contributed by atoms with Crippen molar-refractivity contribution in [1.82, 2.24) is 15.3 Å². The number of amides is 1. The maximum Gasteiger partial charge on any atom is 0.223 e. The predicted octanol–water partition coefficient (Wildman–Crippen LogP) is 3.34. The molecule has 7 heteroatoms. The second-order valence-electron chi connectivity index (χ2n) is 7.86. The molecule has 0 spiro atoms. The first-order valence-corrected chi connectivity index (χ1v) is 10.8. The average Bonchev–Trinajstić information content (AvgIpc) is 2.77. The van der Waals surface area contributed by atoms with Crippen LogP contribution in [0.15, 0.2) is 24.0 Å². The van der Waals surface area contributed by atoms with Gasteiger partial charge < -0.3 is 15.4 Å². The van der Waals surface area contributed by atoms with Gasteiger partial charge in [-0.15, -0.1) is 0 Å². The number of hydrogen-bond acceptors (Lipinski definition) is 6. The van der Waals surface area contributed by atoms with E-state index in [-0.39, 0.29) is 29.7 Å². The Balaban J connectivity index is 1.59. The van der Waals surface area contributed by atoms with E-state index in [9.17, 15) is 10.1 Å². The molecule has 156 valence electrons. The molecule has 0 unspecified atom stereocenters. The highest BCUT2D eigenvalue weighted by atomic mass is 16.5. The van der Waals surface area contributed by atoms with Gasteiger partial charge in [-0.05, 0) is 51.4 Å². The van der Waals surface area contributed by atoms with Crippen molar-refractivity contribution in [3.63, 3.8) is 0 Å². The van der Waals surface area contributed by atoms with Gasteiger partial charge in [0.1, 0.15) is 6.07 Å². The Morgan fingerprint density at radius 3 is 2.93 bits per heavy atom. The summed E-state index contributed by atoms with van der Waals surface area (Å²) in [6.07, 6.45) is 13.1. The molecule has 1 aromatic heterocycles. The second-order valence-corrected chi connectivity index (χ2v) is 7.86. The van der Waals surface area contributed by atoms with Crippen LogP contribution >= 0.6 is 0 Å². The Kier molecular flexibility index (Phi) is 8.00. The number of aromatic nitrogens is 2. The van der Waals surface area contributed by atoms with Crippen LogP contribution in [0, 0.1) is 17.2 Å². The molecular weight excluding hydrogens is 366 g/mol. The first kappa shape index (κ1) is 21.3. The molecule has 2 N–H and O–H groups in total. The maximum absolute atomic E-state index is 12.7. The Morgan fingerprint density at radius 1 is 1.31 bits per heavy atom. The van der Waals surface area contributed by atoms with Gasteiger partial charge in [0.15, 0.2) is 11.5 Å². The quantitative estimate of drug-likeness (QED) is 0.653. The molecule has 7 nitrogen and oxygen atoms in total. The molecule has 0 saturated heterocycles. The lowest BCUT2D eigenvalue weighted by molar-refractivity contribution is -0.128. The molecule has 0 aromatic carbocycles. The average molecular weight is 398 g/mol. The fraction of sp³-hybridized carbons (Fsp3) is 0.636. The zero-order valence-electron chi connectivity index (χ0n) is 17.2. The first-order chi connectivity index (χ1) is 14.2. The summed E-state index contributed by atoms with van der Waals surface area (Å²) in [6.45, 7) is 3.39. The molecule has 3 atom stereocenters. The van der Waals surface area contributed by atoms with E-state index in [1.807, 2.05) is 0 Å². The van der Waals surface area contributed by atoms with Crippen molar-refractivity contribution < 1.29 is 9.53 Å². The molecule has 1 fully saturated rings. The summed E-state index contributed by atoms with van der Waals surface area (Å²) in [6, 6.07) is 2.08. The lowest BCUT2D eigenvalue weighted by Gasteiger charge is -2.36. The number of carbonyl (C=O) groups is 1. The van der Waals surface area contributed by atoms with E-state index in [4.69, 9.17) is 4.74 Å². The molecule has 29 heavy (non-hydrogen) atoms. The molecule has 1 amide bonds. The number of nitriles is 1. The zero-order chi connectivity index (χ0) is 20.5. The highest BCUT2D eigenvalue weighted by molar-refractivity contribution is 5.79. The summed E-state index contributed by atoms with van der Waals surface area (Å²) in [5, 5.41) is 15.7. The molecular formula is C22H31N5O2. The molecule has 0 aliphatic heterocycles. The summed E-state index contributed by atoms with van der Waals surface area (Å²) >= 11 is 0. The van der Waals surface area contributed by atoms with Crippen molar-refractivity contribution in [1.29, 1.82) is 5.26 Å². The monoisotopic (exact) mass is 397 g/mol. The minimum atomic E-state index is -0.0955. The van der Waals surface area contributed by atoms with E-state index in [0.717, 1.165) is 32.1 Å². The number of anilines is 1. The predicted molar refractivity (Wildman–Crippen MR) is 111 cm³/mol. The second kappa shape index (κ2) is 10.9. The van der Waals surface area contributed by atoms with E-state index >= 15 is 0 Å². The molecule has 2 aliphatic rings. The normalized spacial score (nSPS) is 24.3. The lowest BCUT2D eigenvalue weighted by Crippen LogP contribution is -2.45. The van der Waals surface area contributed by atoms with Crippen LogP contribution in [0.4, 0.5) is 5.82 Å². The third-order valence-corrected chi connectivity index (χ3v) is 5.70. The summed E-state index contributed by atoms with van der Waals surface area (Å²) in [5.74, 6) is 0.561. The van der Waals surface area contributed by atoms with Gasteiger partial charge in [0.05, 0.1) is 12.1 Å². The van der Waals surface area contributed by atoms with Gasteiger partial charge in [-0.3, -0.25) is 4.79 Å². The molecule has 1 aromatic rings. The van der Waals surface area contributed by atoms with Gasteiger partial charge >= 0.3 is 0 Å². The third kappa shape index (κ3) is 6.01. The van der Waals surface area contributed by atoms with Crippen molar-refractivity contribution in [2.75, 3.05) is 18.5 Å². The summed E-state index contributed by atoms with van der Waals surface area (Å²) < 4.78 is 6.08. The summed E-state index contributed by atoms with van der Waals surface area (Å²) in [4.78, 5) is 21.1. The van der Waals surface area contributed by atoms with Crippen LogP contribution in [0.5, 0.6) is 0 Å². The Morgan fingerprint density at radius 2 is 2.17 bits per heavy atom. The van der Waals surface area contributed by atoms with Gasteiger partial charge in [-0.2, -0.15) is 5.26 Å². The van der Waals surface area contributed by atoms with Crippen LogP contribution in [0.1, 0.15) is 64.0 Å². The summed E-state index contributed by atoms with van der Waals surface area (Å²) in [5.41, 5.74) is 1.63. The molecule has 0 radical (unpaired) electrons. The van der Waals surface area contributed by atoms with Crippen molar-refractivity contribution in [3.05, 3.63) is 29.7 Å². The minimum absolute atomic E-state index is 0.00968. The SMILES string of the molecule is CCCO[C@H]1C[C@@H](C(=O)NCC2=CCCCC2)CC[C@@H]1Nc1nccnc1C#N. The fourth-order valence-corrected chi connectivity index (χ4v) is 4.10. The topological polar surface area (TPSA) is 99.9 Å². The number of nitrogens with zero attached hydrogens (tertiary/aromatic N) is 3. The molecule has 0 bridgehead atoms. The van der Waals surface area contributed by atoms with Crippen LogP contribution in [0.3, 0.4) is 0 Å². The van der Waals surface area contributed by atoms with Gasteiger partial charge in [0, 0.05) is 31.5 Å². The Labute approximate surface area is 173 Å². The maximum atomic E-state index is 12.7. The van der Waals surface area contributed by atoms with Gasteiger partial charge in [-0.25, -0.2) is 9.97 Å². The summed E-state index contributed by atoms with van der Waals surface area (Å²) in [7, 11) is 0. The highest BCUT2D eigenvalue weighted by Gasteiger charge is 2.35. The van der Waals surface area contributed by atoms with Crippen LogP contribution in [0.2, 0.25) is 0 Å². The Bertz CT molecular complexity index is 758. The van der Waals surface area contributed by atoms with Gasteiger partial charge in [0.2, 0.25) is 5.91 Å². The largest absolute Gasteiger partial charge is 0.376 e. The van der Waals surface area contributed by atoms with E-state index in [1.165, 1.54) is 24.6 Å². The van der Waals surface area contributed by atoms with Crippen LogP contribution in [0.25, 0.3) is 0 Å². The van der Waals surface area contributed by atoms with Crippen molar-refractivity contribution in [2.45, 2.75) is 70.4 Å². The number of rotatable bonds is 8. The Hall–Kier alpha value is -2.46.